The fraction of sp³-hybridized carbons (Fsp3) is 0.515. The van der Waals surface area contributed by atoms with Crippen LogP contribution in [-0.4, -0.2) is 6.54 Å². The molecule has 1 aromatic carbocycles. The first-order valence-corrected chi connectivity index (χ1v) is 13.3. The summed E-state index contributed by atoms with van der Waals surface area (Å²) in [5.41, 5.74) is 9.05. The van der Waals surface area contributed by atoms with Crippen LogP contribution in [-0.2, 0) is 6.54 Å². The molecule has 1 fully saturated rings. The topological polar surface area (TPSA) is 12.0 Å². The van der Waals surface area contributed by atoms with Gasteiger partial charge in [0.15, 0.2) is 0 Å². The molecule has 1 nitrogen and oxygen atoms in total. The molecule has 1 N–H and O–H groups in total. The van der Waals surface area contributed by atoms with Crippen LogP contribution in [0, 0.1) is 30.6 Å². The molecule has 1 saturated carbocycles. The van der Waals surface area contributed by atoms with Gasteiger partial charge in [-0.15, -0.1) is 11.8 Å². The molecule has 2 aliphatic carbocycles. The molecule has 0 bridgehead atoms. The van der Waals surface area contributed by atoms with Gasteiger partial charge in [0.25, 0.3) is 0 Å². The summed E-state index contributed by atoms with van der Waals surface area (Å²) in [6, 6.07) is 8.84. The van der Waals surface area contributed by atoms with Crippen molar-refractivity contribution in [1.29, 1.82) is 0 Å². The lowest BCUT2D eigenvalue weighted by molar-refractivity contribution is 0.383. The number of hydrogen-bond donors (Lipinski definition) is 1. The smallest absolute Gasteiger partial charge is 0.0205 e. The molecule has 1 heteroatoms. The fourth-order valence-corrected chi connectivity index (χ4v) is 4.96. The lowest BCUT2D eigenvalue weighted by Gasteiger charge is -2.25. The van der Waals surface area contributed by atoms with Gasteiger partial charge in [-0.3, -0.25) is 0 Å². The zero-order chi connectivity index (χ0) is 24.8. The van der Waals surface area contributed by atoms with E-state index in [1.165, 1.54) is 67.2 Å². The highest BCUT2D eigenvalue weighted by molar-refractivity contribution is 5.45. The minimum Gasteiger partial charge on any atom is -0.312 e. The molecule has 0 radical (unpaired) electrons. The summed E-state index contributed by atoms with van der Waals surface area (Å²) in [5.74, 6) is 6.88. The van der Waals surface area contributed by atoms with Crippen molar-refractivity contribution in [3.8, 4) is 11.8 Å². The third kappa shape index (κ3) is 9.52. The van der Waals surface area contributed by atoms with Crippen molar-refractivity contribution in [2.75, 3.05) is 6.54 Å². The Morgan fingerprint density at radius 1 is 1.15 bits per heavy atom. The summed E-state index contributed by atoms with van der Waals surface area (Å²) in [4.78, 5) is 0. The lowest BCUT2D eigenvalue weighted by atomic mass is 9.82. The molecule has 1 unspecified atom stereocenters. The van der Waals surface area contributed by atoms with Gasteiger partial charge < -0.3 is 5.32 Å². The van der Waals surface area contributed by atoms with E-state index in [0.717, 1.165) is 19.0 Å². The maximum Gasteiger partial charge on any atom is 0.0205 e. The van der Waals surface area contributed by atoms with E-state index in [0.29, 0.717) is 5.92 Å². The van der Waals surface area contributed by atoms with Gasteiger partial charge in [0, 0.05) is 6.54 Å². The average molecular weight is 458 g/mol. The molecule has 184 valence electrons. The van der Waals surface area contributed by atoms with Gasteiger partial charge in [0.1, 0.15) is 0 Å². The summed E-state index contributed by atoms with van der Waals surface area (Å²) < 4.78 is 0. The standard InChI is InChI=1S/C29H41N.C4H6/c1-5-23(3)28-13-7-10-24(4)29(28)14-8-11-25-15-17-26(18-16-25)20-30-21-27-12-6-9-22(2)19-27;1-3-4-2/h5-7,9,11-13,19,24,26,30H,8,10,14-18,20-21H2,1-4H3;1-2H3/b23-5+,25-11?;. The molecular formula is C33H47N. The second-order valence-electron chi connectivity index (χ2n) is 9.91. The van der Waals surface area contributed by atoms with Crippen LogP contribution in [0.25, 0.3) is 0 Å². The molecule has 0 aromatic heterocycles. The Hall–Kier alpha value is -2.30. The lowest BCUT2D eigenvalue weighted by Crippen LogP contribution is -2.24. The Morgan fingerprint density at radius 2 is 1.88 bits per heavy atom. The van der Waals surface area contributed by atoms with E-state index in [1.54, 1.807) is 11.1 Å². The van der Waals surface area contributed by atoms with Gasteiger partial charge in [0.05, 0.1) is 0 Å². The summed E-state index contributed by atoms with van der Waals surface area (Å²) in [5, 5.41) is 3.69. The van der Waals surface area contributed by atoms with Crippen LogP contribution < -0.4 is 5.32 Å². The highest BCUT2D eigenvalue weighted by Crippen LogP contribution is 2.33. The van der Waals surface area contributed by atoms with Crippen molar-refractivity contribution in [3.05, 3.63) is 82.0 Å². The largest absolute Gasteiger partial charge is 0.312 e. The van der Waals surface area contributed by atoms with Crippen molar-refractivity contribution in [2.45, 2.75) is 93.0 Å². The Bertz CT molecular complexity index is 928. The average Bonchev–Trinajstić information content (AvgIpc) is 2.85. The van der Waals surface area contributed by atoms with Gasteiger partial charge in [0.2, 0.25) is 0 Å². The number of rotatable bonds is 8. The normalized spacial score (nSPS) is 20.3. The van der Waals surface area contributed by atoms with Gasteiger partial charge in [-0.1, -0.05) is 72.2 Å². The Kier molecular flexibility index (Phi) is 12.8. The Balaban J connectivity index is 0.000000945. The molecule has 2 aliphatic rings. The van der Waals surface area contributed by atoms with E-state index in [4.69, 9.17) is 0 Å². The van der Waals surface area contributed by atoms with Crippen LogP contribution >= 0.6 is 0 Å². The van der Waals surface area contributed by atoms with E-state index in [-0.39, 0.29) is 0 Å². The third-order valence-electron chi connectivity index (χ3n) is 7.26. The van der Waals surface area contributed by atoms with E-state index in [1.807, 2.05) is 13.8 Å². The number of allylic oxidation sites excluding steroid dienone is 8. The first kappa shape index (κ1) is 27.9. The highest BCUT2D eigenvalue weighted by Gasteiger charge is 2.18. The first-order valence-electron chi connectivity index (χ1n) is 13.3. The second kappa shape index (κ2) is 15.6. The molecule has 0 spiro atoms. The molecule has 0 aliphatic heterocycles. The Morgan fingerprint density at radius 3 is 2.53 bits per heavy atom. The van der Waals surface area contributed by atoms with Crippen molar-refractivity contribution >= 4 is 0 Å². The van der Waals surface area contributed by atoms with Gasteiger partial charge in [-0.25, -0.2) is 0 Å². The van der Waals surface area contributed by atoms with Crippen molar-refractivity contribution < 1.29 is 0 Å². The quantitative estimate of drug-likeness (QED) is 0.303. The number of benzene rings is 1. The molecule has 0 heterocycles. The molecule has 0 saturated heterocycles. The summed E-state index contributed by atoms with van der Waals surface area (Å²) in [6.45, 7) is 14.8. The molecule has 3 rings (SSSR count). The van der Waals surface area contributed by atoms with Gasteiger partial charge in [-0.05, 0) is 115 Å². The zero-order valence-electron chi connectivity index (χ0n) is 22.6. The van der Waals surface area contributed by atoms with Gasteiger partial charge >= 0.3 is 0 Å². The van der Waals surface area contributed by atoms with Crippen molar-refractivity contribution in [2.24, 2.45) is 11.8 Å². The monoisotopic (exact) mass is 457 g/mol. The minimum atomic E-state index is 0.688. The van der Waals surface area contributed by atoms with E-state index >= 15 is 0 Å². The van der Waals surface area contributed by atoms with Crippen LogP contribution in [0.4, 0.5) is 0 Å². The van der Waals surface area contributed by atoms with Crippen LogP contribution in [0.3, 0.4) is 0 Å². The van der Waals surface area contributed by atoms with Crippen LogP contribution in [0.2, 0.25) is 0 Å². The zero-order valence-corrected chi connectivity index (χ0v) is 22.6. The SMILES string of the molecule is C/C=C(\C)C1=C(CCC=C2CCC(CNCc3cccc(C)c3)CC2)C(C)CC=C1.CC#CC. The molecule has 1 atom stereocenters. The van der Waals surface area contributed by atoms with Crippen LogP contribution in [0.5, 0.6) is 0 Å². The van der Waals surface area contributed by atoms with Crippen molar-refractivity contribution in [1.82, 2.24) is 5.32 Å². The molecule has 1 aromatic rings. The molecular weight excluding hydrogens is 410 g/mol. The fourth-order valence-electron chi connectivity index (χ4n) is 4.96. The highest BCUT2D eigenvalue weighted by atomic mass is 14.9. The second-order valence-corrected chi connectivity index (χ2v) is 9.91. The predicted octanol–water partition coefficient (Wildman–Crippen LogP) is 8.87. The van der Waals surface area contributed by atoms with Crippen LogP contribution in [0.1, 0.15) is 90.7 Å². The maximum absolute atomic E-state index is 3.69. The number of nitrogens with one attached hydrogen (secondary N) is 1. The van der Waals surface area contributed by atoms with Crippen LogP contribution in [0.15, 0.2) is 70.9 Å². The molecule has 0 amide bonds. The maximum atomic E-state index is 3.69. The molecule has 34 heavy (non-hydrogen) atoms. The Labute approximate surface area is 210 Å². The summed E-state index contributed by atoms with van der Waals surface area (Å²) in [7, 11) is 0. The summed E-state index contributed by atoms with van der Waals surface area (Å²) >= 11 is 0. The minimum absolute atomic E-state index is 0.688. The number of hydrogen-bond acceptors (Lipinski definition) is 1. The van der Waals surface area contributed by atoms with Crippen molar-refractivity contribution in [3.63, 3.8) is 0 Å². The predicted molar refractivity (Wildman–Crippen MR) is 151 cm³/mol. The third-order valence-corrected chi connectivity index (χ3v) is 7.26. The van der Waals surface area contributed by atoms with E-state index < -0.39 is 0 Å². The van der Waals surface area contributed by atoms with E-state index in [9.17, 15) is 0 Å². The van der Waals surface area contributed by atoms with E-state index in [2.05, 4.69) is 93.4 Å². The summed E-state index contributed by atoms with van der Waals surface area (Å²) in [6.07, 6.45) is 18.4. The number of aryl methyl sites for hydroxylation is 1. The first-order chi connectivity index (χ1) is 16.5. The van der Waals surface area contributed by atoms with Gasteiger partial charge in [-0.2, -0.15) is 0 Å².